The number of carbonyl (C=O) groups excluding carboxylic acids is 3. The summed E-state index contributed by atoms with van der Waals surface area (Å²) in [7, 11) is 0. The number of aliphatic carboxylic acids is 1. The molecule has 0 aromatic heterocycles. The molecule has 1 aliphatic heterocycles. The molecule has 2 aromatic rings. The molecule has 0 saturated heterocycles. The van der Waals surface area contributed by atoms with E-state index in [0.29, 0.717) is 23.4 Å². The molecule has 5 N–H and O–H groups in total. The van der Waals surface area contributed by atoms with Gasteiger partial charge in [-0.25, -0.2) is 0 Å². The van der Waals surface area contributed by atoms with Gasteiger partial charge in [0.2, 0.25) is 11.8 Å². The molecule has 33 heavy (non-hydrogen) atoms. The second-order valence-electron chi connectivity index (χ2n) is 8.19. The summed E-state index contributed by atoms with van der Waals surface area (Å²) in [4.78, 5) is 52.1. The number of benzene rings is 2. The van der Waals surface area contributed by atoms with Crippen LogP contribution in [-0.2, 0) is 14.4 Å². The normalized spacial score (nSPS) is 17.4. The van der Waals surface area contributed by atoms with Crippen LogP contribution in [0, 0.1) is 5.92 Å². The van der Waals surface area contributed by atoms with Gasteiger partial charge >= 0.3 is 5.97 Å². The maximum atomic E-state index is 13.4. The maximum absolute atomic E-state index is 13.4. The molecular formula is C24H28N4O5. The molecule has 1 unspecified atom stereocenters. The lowest BCUT2D eigenvalue weighted by molar-refractivity contribution is -0.137. The highest BCUT2D eigenvalue weighted by Gasteiger charge is 2.39. The van der Waals surface area contributed by atoms with Crippen molar-refractivity contribution in [2.45, 2.75) is 38.8 Å². The number of hydrogen-bond donors (Lipinski definition) is 4. The number of nitrogens with two attached hydrogens (primary N) is 1. The van der Waals surface area contributed by atoms with E-state index in [1.807, 2.05) is 13.8 Å². The predicted molar refractivity (Wildman–Crippen MR) is 123 cm³/mol. The molecule has 0 spiro atoms. The molecule has 1 aliphatic rings. The minimum atomic E-state index is -1.07. The number of carboxylic acid groups (broad SMARTS) is 1. The van der Waals surface area contributed by atoms with Crippen molar-refractivity contribution in [2.75, 3.05) is 17.6 Å². The summed E-state index contributed by atoms with van der Waals surface area (Å²) in [6, 6.07) is 11.7. The van der Waals surface area contributed by atoms with Crippen LogP contribution in [0.1, 0.15) is 48.7 Å². The molecule has 174 valence electrons. The van der Waals surface area contributed by atoms with Gasteiger partial charge in [-0.1, -0.05) is 50.6 Å². The molecule has 0 bridgehead atoms. The monoisotopic (exact) mass is 452 g/mol. The Kier molecular flexibility index (Phi) is 7.32. The Morgan fingerprint density at radius 2 is 1.88 bits per heavy atom. The summed E-state index contributed by atoms with van der Waals surface area (Å²) in [5.41, 5.74) is 7.38. The molecule has 3 atom stereocenters. The van der Waals surface area contributed by atoms with Crippen LogP contribution in [0.3, 0.4) is 0 Å². The summed E-state index contributed by atoms with van der Waals surface area (Å²) >= 11 is 0. The van der Waals surface area contributed by atoms with Crippen LogP contribution in [0.4, 0.5) is 11.4 Å². The lowest BCUT2D eigenvalue weighted by atomic mass is 9.96. The van der Waals surface area contributed by atoms with E-state index in [9.17, 15) is 24.3 Å². The Morgan fingerprint density at radius 1 is 1.18 bits per heavy atom. The van der Waals surface area contributed by atoms with Gasteiger partial charge in [0.1, 0.15) is 12.6 Å². The average Bonchev–Trinajstić information content (AvgIpc) is 2.87. The third-order valence-corrected chi connectivity index (χ3v) is 5.81. The van der Waals surface area contributed by atoms with Gasteiger partial charge in [-0.05, 0) is 29.7 Å². The second kappa shape index (κ2) is 10.2. The van der Waals surface area contributed by atoms with Crippen molar-refractivity contribution in [1.29, 1.82) is 0 Å². The Bertz CT molecular complexity index is 1060. The third kappa shape index (κ3) is 5.49. The number of carbonyl (C=O) groups is 4. The predicted octanol–water partition coefficient (Wildman–Crippen LogP) is 2.41. The van der Waals surface area contributed by atoms with Gasteiger partial charge < -0.3 is 26.4 Å². The first-order chi connectivity index (χ1) is 15.7. The smallest absolute Gasteiger partial charge is 0.305 e. The molecule has 3 rings (SSSR count). The Balaban J connectivity index is 1.91. The Hall–Kier alpha value is -3.88. The summed E-state index contributed by atoms with van der Waals surface area (Å²) in [6.45, 7) is 3.33. The Morgan fingerprint density at radius 3 is 2.52 bits per heavy atom. The molecule has 0 fully saturated rings. The lowest BCUT2D eigenvalue weighted by Gasteiger charge is -2.32. The molecule has 2 aromatic carbocycles. The van der Waals surface area contributed by atoms with E-state index < -0.39 is 36.4 Å². The lowest BCUT2D eigenvalue weighted by Crippen LogP contribution is -2.52. The van der Waals surface area contributed by atoms with E-state index in [0.717, 1.165) is 0 Å². The van der Waals surface area contributed by atoms with Gasteiger partial charge in [-0.2, -0.15) is 0 Å². The van der Waals surface area contributed by atoms with Crippen molar-refractivity contribution in [3.63, 3.8) is 0 Å². The number of carboxylic acids is 1. The highest BCUT2D eigenvalue weighted by Crippen LogP contribution is 2.28. The summed E-state index contributed by atoms with van der Waals surface area (Å²) in [5.74, 6) is -2.75. The fraction of sp³-hybridized carbons (Fsp3) is 0.333. The van der Waals surface area contributed by atoms with Crippen LogP contribution in [0.2, 0.25) is 0 Å². The van der Waals surface area contributed by atoms with Crippen molar-refractivity contribution in [1.82, 2.24) is 10.2 Å². The summed E-state index contributed by atoms with van der Waals surface area (Å²) in [5, 5.41) is 14.8. The van der Waals surface area contributed by atoms with Crippen LogP contribution in [0.25, 0.3) is 0 Å². The topological polar surface area (TPSA) is 142 Å². The standard InChI is InChI=1S/C24H28N4O5/c1-3-14(2)22-23(32)27-18-10-9-16(25)11-17(18)24(33)28(22)13-20(29)26-19(12-21(30)31)15-7-5-4-6-8-15/h4-11,14,19,22H,3,12-13,25H2,1-2H3,(H,26,29)(H,27,32)(H,30,31)/t14?,19-,22-/m0/s1. The zero-order valence-corrected chi connectivity index (χ0v) is 18.6. The molecule has 0 aliphatic carbocycles. The minimum absolute atomic E-state index is 0.201. The first kappa shape index (κ1) is 23.8. The van der Waals surface area contributed by atoms with Crippen LogP contribution in [0.5, 0.6) is 0 Å². The zero-order chi connectivity index (χ0) is 24.1. The first-order valence-electron chi connectivity index (χ1n) is 10.8. The third-order valence-electron chi connectivity index (χ3n) is 5.81. The van der Waals surface area contributed by atoms with E-state index in [1.54, 1.807) is 42.5 Å². The Labute approximate surface area is 192 Å². The number of nitrogens with one attached hydrogen (secondary N) is 2. The molecule has 0 saturated carbocycles. The summed E-state index contributed by atoms with van der Waals surface area (Å²) in [6.07, 6.45) is 0.284. The summed E-state index contributed by atoms with van der Waals surface area (Å²) < 4.78 is 0. The van der Waals surface area contributed by atoms with E-state index >= 15 is 0 Å². The first-order valence-corrected chi connectivity index (χ1v) is 10.8. The van der Waals surface area contributed by atoms with Crippen LogP contribution in [-0.4, -0.2) is 46.3 Å². The number of nitrogen functional groups attached to an aromatic ring is 1. The van der Waals surface area contributed by atoms with E-state index in [1.165, 1.54) is 11.0 Å². The molecule has 9 heteroatoms. The van der Waals surface area contributed by atoms with Crippen LogP contribution >= 0.6 is 0 Å². The number of hydrogen-bond acceptors (Lipinski definition) is 5. The highest BCUT2D eigenvalue weighted by molar-refractivity contribution is 6.11. The van der Waals surface area contributed by atoms with Gasteiger partial charge in [-0.3, -0.25) is 19.2 Å². The van der Waals surface area contributed by atoms with Gasteiger partial charge in [0.05, 0.1) is 23.7 Å². The second-order valence-corrected chi connectivity index (χ2v) is 8.19. The molecule has 9 nitrogen and oxygen atoms in total. The number of anilines is 2. The zero-order valence-electron chi connectivity index (χ0n) is 18.6. The van der Waals surface area contributed by atoms with Crippen molar-refractivity contribution in [3.05, 3.63) is 59.7 Å². The number of amides is 3. The largest absolute Gasteiger partial charge is 0.481 e. The van der Waals surface area contributed by atoms with Crippen molar-refractivity contribution < 1.29 is 24.3 Å². The van der Waals surface area contributed by atoms with Gasteiger partial charge in [0, 0.05) is 5.69 Å². The number of fused-ring (bicyclic) bond motifs is 1. The molecule has 1 heterocycles. The van der Waals surface area contributed by atoms with E-state index in [2.05, 4.69) is 10.6 Å². The van der Waals surface area contributed by atoms with E-state index in [-0.39, 0.29) is 23.8 Å². The van der Waals surface area contributed by atoms with E-state index in [4.69, 9.17) is 5.73 Å². The fourth-order valence-corrected chi connectivity index (χ4v) is 3.94. The van der Waals surface area contributed by atoms with Gasteiger partial charge in [0.15, 0.2) is 0 Å². The van der Waals surface area contributed by atoms with Crippen LogP contribution < -0.4 is 16.4 Å². The SMILES string of the molecule is CCC(C)[C@H]1C(=O)Nc2ccc(N)cc2C(=O)N1CC(=O)N[C@@H](CC(=O)O)c1ccccc1. The van der Waals surface area contributed by atoms with Crippen LogP contribution in [0.15, 0.2) is 48.5 Å². The van der Waals surface area contributed by atoms with Crippen molar-refractivity contribution in [2.24, 2.45) is 5.92 Å². The molecule has 3 amide bonds. The molecule has 0 radical (unpaired) electrons. The maximum Gasteiger partial charge on any atom is 0.305 e. The molecular weight excluding hydrogens is 424 g/mol. The number of rotatable bonds is 8. The van der Waals surface area contributed by atoms with Gasteiger partial charge in [0.25, 0.3) is 5.91 Å². The highest BCUT2D eigenvalue weighted by atomic mass is 16.4. The number of nitrogens with zero attached hydrogens (tertiary/aromatic N) is 1. The quantitative estimate of drug-likeness (QED) is 0.453. The van der Waals surface area contributed by atoms with Gasteiger partial charge in [-0.15, -0.1) is 0 Å². The van der Waals surface area contributed by atoms with Crippen molar-refractivity contribution >= 4 is 35.1 Å². The van der Waals surface area contributed by atoms with Crippen molar-refractivity contribution in [3.8, 4) is 0 Å². The fourth-order valence-electron chi connectivity index (χ4n) is 3.94. The minimum Gasteiger partial charge on any atom is -0.481 e. The average molecular weight is 453 g/mol.